The van der Waals surface area contributed by atoms with Crippen molar-refractivity contribution in [2.75, 3.05) is 6.61 Å². The summed E-state index contributed by atoms with van der Waals surface area (Å²) in [6.07, 6.45) is 10.6. The average Bonchev–Trinajstić information content (AvgIpc) is 2.34. The van der Waals surface area contributed by atoms with Gasteiger partial charge < -0.3 is 4.74 Å². The monoisotopic (exact) mass is 232 g/mol. The Kier molecular flexibility index (Phi) is 3.12. The zero-order valence-electron chi connectivity index (χ0n) is 11.0. The number of allylic oxidation sites excluding steroid dienone is 2. The van der Waals surface area contributed by atoms with E-state index < -0.39 is 0 Å². The van der Waals surface area contributed by atoms with Gasteiger partial charge in [0.25, 0.3) is 0 Å². The van der Waals surface area contributed by atoms with Crippen molar-refractivity contribution in [2.45, 2.75) is 51.6 Å². The summed E-state index contributed by atoms with van der Waals surface area (Å²) in [6, 6.07) is 0. The molecule has 94 valence electrons. The molecule has 0 radical (unpaired) electrons. The van der Waals surface area contributed by atoms with Gasteiger partial charge in [-0.2, -0.15) is 0 Å². The predicted octanol–water partition coefficient (Wildman–Crippen LogP) is 4.10. The number of fused-ring (bicyclic) bond motifs is 2. The Hall–Kier alpha value is -0.560. The fourth-order valence-corrected chi connectivity index (χ4v) is 3.99. The molecule has 0 unspecified atom stereocenters. The van der Waals surface area contributed by atoms with E-state index in [0.29, 0.717) is 12.0 Å². The molecular weight excluding hydrogens is 208 g/mol. The van der Waals surface area contributed by atoms with E-state index in [1.807, 2.05) is 0 Å². The molecule has 1 nitrogen and oxygen atoms in total. The molecule has 2 aliphatic carbocycles. The van der Waals surface area contributed by atoms with Crippen molar-refractivity contribution in [2.24, 2.45) is 17.8 Å². The second-order valence-electron chi connectivity index (χ2n) is 6.30. The van der Waals surface area contributed by atoms with Crippen LogP contribution in [0.1, 0.15) is 45.4 Å². The maximum absolute atomic E-state index is 6.22. The van der Waals surface area contributed by atoms with Crippen LogP contribution in [0.3, 0.4) is 0 Å². The van der Waals surface area contributed by atoms with Crippen LogP contribution in [0.4, 0.5) is 0 Å². The first-order chi connectivity index (χ1) is 8.24. The van der Waals surface area contributed by atoms with Gasteiger partial charge in [-0.15, -0.1) is 0 Å². The highest BCUT2D eigenvalue weighted by atomic mass is 16.5. The molecule has 1 saturated carbocycles. The quantitative estimate of drug-likeness (QED) is 0.618. The Balaban J connectivity index is 1.74. The van der Waals surface area contributed by atoms with Crippen molar-refractivity contribution < 1.29 is 4.74 Å². The summed E-state index contributed by atoms with van der Waals surface area (Å²) >= 11 is 0. The smallest absolute Gasteiger partial charge is 0.0671 e. The summed E-state index contributed by atoms with van der Waals surface area (Å²) in [4.78, 5) is 0. The number of rotatable bonds is 1. The zero-order chi connectivity index (χ0) is 11.8. The third-order valence-corrected chi connectivity index (χ3v) is 4.99. The molecule has 3 rings (SSSR count). The molecule has 0 aromatic carbocycles. The normalized spacial score (nSPS) is 42.2. The average molecular weight is 232 g/mol. The lowest BCUT2D eigenvalue weighted by atomic mass is 9.69. The number of ether oxygens (including phenoxy) is 1. The van der Waals surface area contributed by atoms with Crippen molar-refractivity contribution >= 4 is 0 Å². The standard InChI is InChI=1S/C16H24O/c1-11-4-3-5-14(8-11)16-15-9-13(10-17-16)7-6-12(15)2/h4,13-16H,2-3,5-10H2,1H3/t13-,14-,15+,16+/m1/s1. The molecular formula is C16H24O. The van der Waals surface area contributed by atoms with Gasteiger partial charge in [-0.25, -0.2) is 0 Å². The minimum atomic E-state index is 0.475. The van der Waals surface area contributed by atoms with E-state index in [1.165, 1.54) is 44.1 Å². The topological polar surface area (TPSA) is 9.23 Å². The van der Waals surface area contributed by atoms with Gasteiger partial charge in [-0.05, 0) is 57.3 Å². The lowest BCUT2D eigenvalue weighted by Gasteiger charge is -2.45. The highest BCUT2D eigenvalue weighted by molar-refractivity contribution is 5.13. The Morgan fingerprint density at radius 2 is 2.24 bits per heavy atom. The Morgan fingerprint density at radius 3 is 3.06 bits per heavy atom. The Morgan fingerprint density at radius 1 is 1.35 bits per heavy atom. The van der Waals surface area contributed by atoms with Crippen molar-refractivity contribution in [3.63, 3.8) is 0 Å². The maximum Gasteiger partial charge on any atom is 0.0671 e. The third kappa shape index (κ3) is 2.22. The van der Waals surface area contributed by atoms with Crippen LogP contribution in [0, 0.1) is 17.8 Å². The van der Waals surface area contributed by atoms with E-state index in [4.69, 9.17) is 4.74 Å². The van der Waals surface area contributed by atoms with E-state index in [0.717, 1.165) is 18.4 Å². The van der Waals surface area contributed by atoms with Crippen LogP contribution in [-0.4, -0.2) is 12.7 Å². The van der Waals surface area contributed by atoms with Crippen LogP contribution in [0.5, 0.6) is 0 Å². The molecule has 0 aromatic rings. The summed E-state index contributed by atoms with van der Waals surface area (Å²) in [6.45, 7) is 7.58. The minimum Gasteiger partial charge on any atom is -0.377 e. The number of hydrogen-bond acceptors (Lipinski definition) is 1. The van der Waals surface area contributed by atoms with Crippen molar-refractivity contribution in [3.05, 3.63) is 23.8 Å². The molecule has 1 aliphatic heterocycles. The first-order valence-corrected chi connectivity index (χ1v) is 7.19. The van der Waals surface area contributed by atoms with Crippen molar-refractivity contribution in [1.82, 2.24) is 0 Å². The van der Waals surface area contributed by atoms with Crippen LogP contribution in [0.2, 0.25) is 0 Å². The van der Waals surface area contributed by atoms with Crippen molar-refractivity contribution in [3.8, 4) is 0 Å². The number of hydrogen-bond donors (Lipinski definition) is 0. The van der Waals surface area contributed by atoms with Crippen LogP contribution in [0.25, 0.3) is 0 Å². The maximum atomic E-state index is 6.22. The lowest BCUT2D eigenvalue weighted by Crippen LogP contribution is -2.43. The highest BCUT2D eigenvalue weighted by Crippen LogP contribution is 2.44. The van der Waals surface area contributed by atoms with Gasteiger partial charge in [0, 0.05) is 12.5 Å². The van der Waals surface area contributed by atoms with Gasteiger partial charge in [0.2, 0.25) is 0 Å². The largest absolute Gasteiger partial charge is 0.377 e. The van der Waals surface area contributed by atoms with E-state index in [9.17, 15) is 0 Å². The fourth-order valence-electron chi connectivity index (χ4n) is 3.99. The van der Waals surface area contributed by atoms with Crippen LogP contribution >= 0.6 is 0 Å². The first-order valence-electron chi connectivity index (χ1n) is 7.19. The second-order valence-corrected chi connectivity index (χ2v) is 6.30. The van der Waals surface area contributed by atoms with E-state index >= 15 is 0 Å². The summed E-state index contributed by atoms with van der Waals surface area (Å²) in [5.74, 6) is 2.24. The van der Waals surface area contributed by atoms with Crippen LogP contribution < -0.4 is 0 Å². The summed E-state index contributed by atoms with van der Waals surface area (Å²) < 4.78 is 6.22. The Labute approximate surface area is 105 Å². The molecule has 17 heavy (non-hydrogen) atoms. The molecule has 1 heteroatoms. The molecule has 4 atom stereocenters. The summed E-state index contributed by atoms with van der Waals surface area (Å²) in [7, 11) is 0. The van der Waals surface area contributed by atoms with E-state index in [2.05, 4.69) is 19.6 Å². The third-order valence-electron chi connectivity index (χ3n) is 4.99. The van der Waals surface area contributed by atoms with Gasteiger partial charge in [0.1, 0.15) is 0 Å². The SMILES string of the molecule is C=C1CC[C@H]2CO[C@@H]([C@@H]3CCC=C(C)C3)[C@H]1C2. The van der Waals surface area contributed by atoms with E-state index in [-0.39, 0.29) is 0 Å². The molecule has 0 N–H and O–H groups in total. The first kappa shape index (κ1) is 11.5. The molecule has 1 heterocycles. The molecule has 2 bridgehead atoms. The molecule has 3 aliphatic rings. The molecule has 0 amide bonds. The van der Waals surface area contributed by atoms with Gasteiger partial charge in [0.15, 0.2) is 0 Å². The molecule has 1 saturated heterocycles. The van der Waals surface area contributed by atoms with Crippen LogP contribution in [-0.2, 0) is 4.74 Å². The second kappa shape index (κ2) is 4.61. The van der Waals surface area contributed by atoms with Gasteiger partial charge in [-0.3, -0.25) is 0 Å². The molecule has 0 spiro atoms. The molecule has 2 fully saturated rings. The predicted molar refractivity (Wildman–Crippen MR) is 70.8 cm³/mol. The van der Waals surface area contributed by atoms with Gasteiger partial charge >= 0.3 is 0 Å². The van der Waals surface area contributed by atoms with Gasteiger partial charge in [-0.1, -0.05) is 23.8 Å². The summed E-state index contributed by atoms with van der Waals surface area (Å²) in [5.41, 5.74) is 3.03. The minimum absolute atomic E-state index is 0.475. The van der Waals surface area contributed by atoms with Crippen LogP contribution in [0.15, 0.2) is 23.8 Å². The highest BCUT2D eigenvalue weighted by Gasteiger charge is 2.40. The van der Waals surface area contributed by atoms with Crippen molar-refractivity contribution in [1.29, 1.82) is 0 Å². The summed E-state index contributed by atoms with van der Waals surface area (Å²) in [5, 5.41) is 0. The van der Waals surface area contributed by atoms with Gasteiger partial charge in [0.05, 0.1) is 6.10 Å². The lowest BCUT2D eigenvalue weighted by molar-refractivity contribution is -0.0881. The fraction of sp³-hybridized carbons (Fsp3) is 0.750. The zero-order valence-corrected chi connectivity index (χ0v) is 11.0. The molecule has 0 aromatic heterocycles. The Bertz CT molecular complexity index is 341. The van der Waals surface area contributed by atoms with E-state index in [1.54, 1.807) is 5.57 Å².